The first-order valence-electron chi connectivity index (χ1n) is 6.29. The van der Waals surface area contributed by atoms with Gasteiger partial charge in [-0.1, -0.05) is 24.7 Å². The maximum atomic E-state index is 11.9. The molecule has 2 aromatic heterocycles. The van der Waals surface area contributed by atoms with E-state index in [4.69, 9.17) is 0 Å². The molecule has 0 aliphatic heterocycles. The summed E-state index contributed by atoms with van der Waals surface area (Å²) in [6.45, 7) is 4.18. The quantitative estimate of drug-likeness (QED) is 0.886. The normalized spacial score (nSPS) is 12.8. The van der Waals surface area contributed by atoms with Gasteiger partial charge < -0.3 is 5.32 Å². The number of hydrogen-bond donors (Lipinski definition) is 1. The molecule has 1 atom stereocenters. The van der Waals surface area contributed by atoms with Crippen LogP contribution in [0.1, 0.15) is 26.0 Å². The van der Waals surface area contributed by atoms with Gasteiger partial charge in [0, 0.05) is 23.6 Å². The molecule has 104 valence electrons. The fraction of sp³-hybridized carbons (Fsp3) is 0.583. The summed E-state index contributed by atoms with van der Waals surface area (Å²) in [5.41, 5.74) is 0.745. The van der Waals surface area contributed by atoms with Crippen LogP contribution in [0.2, 0.25) is 0 Å². The van der Waals surface area contributed by atoms with Gasteiger partial charge in [0.25, 0.3) is 5.56 Å². The van der Waals surface area contributed by atoms with Crippen molar-refractivity contribution in [2.24, 2.45) is 0 Å². The smallest absolute Gasteiger partial charge is 0.275 e. The van der Waals surface area contributed by atoms with Gasteiger partial charge >= 0.3 is 0 Å². The summed E-state index contributed by atoms with van der Waals surface area (Å²) in [6, 6.07) is 1.90. The molecule has 2 rings (SSSR count). The molecule has 0 fully saturated rings. The fourth-order valence-corrected chi connectivity index (χ4v) is 3.32. The number of aryl methyl sites for hydroxylation is 1. The maximum absolute atomic E-state index is 11.9. The van der Waals surface area contributed by atoms with Crippen LogP contribution in [-0.4, -0.2) is 32.6 Å². The van der Waals surface area contributed by atoms with Gasteiger partial charge in [-0.15, -0.1) is 5.10 Å². The van der Waals surface area contributed by atoms with Crippen LogP contribution >= 0.6 is 23.1 Å². The van der Waals surface area contributed by atoms with Crippen LogP contribution in [0.3, 0.4) is 0 Å². The molecular formula is C12H18N4OS2. The topological polar surface area (TPSA) is 59.3 Å². The molecule has 2 heterocycles. The summed E-state index contributed by atoms with van der Waals surface area (Å²) < 4.78 is 1.37. The standard InChI is InChI=1S/C12H18N4OS2/c1-4-5-9-6-10(17)16-12(14-9)19-11(15-16)13-8(2)7-18-3/h6,8H,4-5,7H2,1-3H3,(H,13,15). The molecule has 0 radical (unpaired) electrons. The average Bonchev–Trinajstić information content (AvgIpc) is 2.72. The Morgan fingerprint density at radius 2 is 2.37 bits per heavy atom. The Morgan fingerprint density at radius 3 is 3.05 bits per heavy atom. The van der Waals surface area contributed by atoms with E-state index in [9.17, 15) is 4.79 Å². The van der Waals surface area contributed by atoms with Gasteiger partial charge in [0.05, 0.1) is 0 Å². The maximum Gasteiger partial charge on any atom is 0.275 e. The lowest BCUT2D eigenvalue weighted by atomic mass is 10.2. The molecule has 0 spiro atoms. The Bertz CT molecular complexity index is 607. The summed E-state index contributed by atoms with van der Waals surface area (Å²) >= 11 is 3.20. The van der Waals surface area contributed by atoms with Crippen LogP contribution < -0.4 is 10.9 Å². The van der Waals surface area contributed by atoms with Crippen molar-refractivity contribution in [2.75, 3.05) is 17.3 Å². The summed E-state index contributed by atoms with van der Waals surface area (Å²) in [4.78, 5) is 17.1. The molecule has 7 heteroatoms. The number of aromatic nitrogens is 3. The van der Waals surface area contributed by atoms with Crippen LogP contribution in [-0.2, 0) is 6.42 Å². The van der Waals surface area contributed by atoms with Crippen molar-refractivity contribution in [1.82, 2.24) is 14.6 Å². The first-order chi connectivity index (χ1) is 9.13. The van der Waals surface area contributed by atoms with E-state index in [-0.39, 0.29) is 5.56 Å². The average molecular weight is 298 g/mol. The number of nitrogens with one attached hydrogen (secondary N) is 1. The molecule has 2 aromatic rings. The highest BCUT2D eigenvalue weighted by Crippen LogP contribution is 2.18. The zero-order valence-electron chi connectivity index (χ0n) is 11.3. The van der Waals surface area contributed by atoms with Crippen molar-refractivity contribution in [3.05, 3.63) is 22.1 Å². The third-order valence-corrected chi connectivity index (χ3v) is 4.26. The lowest BCUT2D eigenvalue weighted by Gasteiger charge is -2.09. The molecule has 19 heavy (non-hydrogen) atoms. The molecule has 0 aliphatic rings. The van der Waals surface area contributed by atoms with E-state index in [0.717, 1.165) is 29.4 Å². The zero-order valence-corrected chi connectivity index (χ0v) is 13.0. The second kappa shape index (κ2) is 6.38. The minimum Gasteiger partial charge on any atom is -0.357 e. The van der Waals surface area contributed by atoms with E-state index < -0.39 is 0 Å². The predicted octanol–water partition coefficient (Wildman–Crippen LogP) is 2.27. The van der Waals surface area contributed by atoms with E-state index in [1.807, 2.05) is 0 Å². The first-order valence-corrected chi connectivity index (χ1v) is 8.50. The lowest BCUT2D eigenvalue weighted by molar-refractivity contribution is 0.832. The summed E-state index contributed by atoms with van der Waals surface area (Å²) in [5.74, 6) is 0.999. The minimum atomic E-state index is -0.102. The zero-order chi connectivity index (χ0) is 13.8. The number of thioether (sulfide) groups is 1. The van der Waals surface area contributed by atoms with E-state index in [2.05, 4.69) is 35.5 Å². The molecular weight excluding hydrogens is 280 g/mol. The van der Waals surface area contributed by atoms with Gasteiger partial charge in [-0.05, 0) is 19.6 Å². The van der Waals surface area contributed by atoms with Gasteiger partial charge in [-0.3, -0.25) is 4.79 Å². The number of nitrogens with zero attached hydrogens (tertiary/aromatic N) is 3. The molecule has 1 N–H and O–H groups in total. The van der Waals surface area contributed by atoms with Gasteiger partial charge in [-0.25, -0.2) is 4.98 Å². The van der Waals surface area contributed by atoms with Crippen molar-refractivity contribution in [3.63, 3.8) is 0 Å². The number of hydrogen-bond acceptors (Lipinski definition) is 6. The van der Waals surface area contributed by atoms with Crippen molar-refractivity contribution in [3.8, 4) is 0 Å². The molecule has 1 unspecified atom stereocenters. The number of anilines is 1. The molecule has 0 aromatic carbocycles. The third kappa shape index (κ3) is 3.48. The van der Waals surface area contributed by atoms with Crippen LogP contribution in [0.4, 0.5) is 5.13 Å². The Hall–Kier alpha value is -1.08. The predicted molar refractivity (Wildman–Crippen MR) is 82.6 cm³/mol. The van der Waals surface area contributed by atoms with Crippen LogP contribution in [0.15, 0.2) is 10.9 Å². The van der Waals surface area contributed by atoms with Crippen molar-refractivity contribution >= 4 is 33.2 Å². The largest absolute Gasteiger partial charge is 0.357 e. The highest BCUT2D eigenvalue weighted by atomic mass is 32.2. The SMILES string of the molecule is CCCc1cc(=O)n2nc(NC(C)CSC)sc2n1. The second-order valence-electron chi connectivity index (χ2n) is 4.44. The van der Waals surface area contributed by atoms with Crippen LogP contribution in [0.5, 0.6) is 0 Å². The van der Waals surface area contributed by atoms with Crippen LogP contribution in [0.25, 0.3) is 4.96 Å². The van der Waals surface area contributed by atoms with Crippen molar-refractivity contribution < 1.29 is 0 Å². The van der Waals surface area contributed by atoms with Gasteiger partial charge in [-0.2, -0.15) is 16.3 Å². The third-order valence-electron chi connectivity index (χ3n) is 2.59. The van der Waals surface area contributed by atoms with Crippen LogP contribution in [0, 0.1) is 0 Å². The number of fused-ring (bicyclic) bond motifs is 1. The van der Waals surface area contributed by atoms with E-state index in [1.165, 1.54) is 15.9 Å². The molecule has 0 bridgehead atoms. The molecule has 5 nitrogen and oxygen atoms in total. The van der Waals surface area contributed by atoms with Gasteiger partial charge in [0.1, 0.15) is 0 Å². The summed E-state index contributed by atoms with van der Waals surface area (Å²) in [6.07, 6.45) is 3.88. The van der Waals surface area contributed by atoms with Gasteiger partial charge in [0.15, 0.2) is 0 Å². The van der Waals surface area contributed by atoms with Crippen molar-refractivity contribution in [1.29, 1.82) is 0 Å². The Kier molecular flexibility index (Phi) is 4.81. The van der Waals surface area contributed by atoms with Gasteiger partial charge in [0.2, 0.25) is 10.1 Å². The Labute approximate surface area is 120 Å². The van der Waals surface area contributed by atoms with E-state index >= 15 is 0 Å². The van der Waals surface area contributed by atoms with E-state index in [1.54, 1.807) is 17.8 Å². The molecule has 0 aliphatic carbocycles. The fourth-order valence-electron chi connectivity index (χ4n) is 1.80. The minimum absolute atomic E-state index is 0.102. The Morgan fingerprint density at radius 1 is 1.58 bits per heavy atom. The molecule has 0 saturated heterocycles. The first kappa shape index (κ1) is 14.3. The van der Waals surface area contributed by atoms with E-state index in [0.29, 0.717) is 11.0 Å². The summed E-state index contributed by atoms with van der Waals surface area (Å²) in [7, 11) is 0. The lowest BCUT2D eigenvalue weighted by Crippen LogP contribution is -2.19. The van der Waals surface area contributed by atoms with Crippen molar-refractivity contribution in [2.45, 2.75) is 32.7 Å². The number of rotatable bonds is 6. The molecule has 0 saturated carbocycles. The molecule has 0 amide bonds. The summed E-state index contributed by atoms with van der Waals surface area (Å²) in [5, 5.41) is 8.32. The highest BCUT2D eigenvalue weighted by molar-refractivity contribution is 7.98. The Balaban J connectivity index is 2.29. The monoisotopic (exact) mass is 298 g/mol. The second-order valence-corrected chi connectivity index (χ2v) is 6.30. The highest BCUT2D eigenvalue weighted by Gasteiger charge is 2.10.